The predicted molar refractivity (Wildman–Crippen MR) is 62.9 cm³/mol. The molecule has 85 valence electrons. The molecule has 4 heteroatoms. The molecule has 0 aromatic carbocycles. The molecule has 0 aliphatic heterocycles. The summed E-state index contributed by atoms with van der Waals surface area (Å²) >= 11 is 0. The molecule has 3 nitrogen and oxygen atoms in total. The molecular weight excluding hydrogens is 189 g/mol. The van der Waals surface area contributed by atoms with Crippen LogP contribution in [0.1, 0.15) is 40.5 Å². The van der Waals surface area contributed by atoms with Crippen molar-refractivity contribution in [2.75, 3.05) is 6.54 Å². The lowest BCUT2D eigenvalue weighted by molar-refractivity contribution is -0.120. The Bertz CT molecular complexity index is 227. The van der Waals surface area contributed by atoms with Gasteiger partial charge in [0.2, 0.25) is 13.2 Å². The molecule has 0 saturated carbocycles. The Hall–Kier alpha value is -0.795. The molecule has 0 aliphatic carbocycles. The van der Waals surface area contributed by atoms with Crippen molar-refractivity contribution in [3.8, 4) is 0 Å². The Labute approximate surface area is 93.2 Å². The van der Waals surface area contributed by atoms with E-state index in [-0.39, 0.29) is 23.3 Å². The lowest BCUT2D eigenvalue weighted by Gasteiger charge is -2.24. The molecule has 1 N–H and O–H groups in total. The summed E-state index contributed by atoms with van der Waals surface area (Å²) in [6, 6.07) is 0. The minimum Gasteiger partial charge on any atom is -0.356 e. The fourth-order valence-corrected chi connectivity index (χ4v) is 1.41. The van der Waals surface area contributed by atoms with Crippen LogP contribution >= 0.6 is 0 Å². The highest BCUT2D eigenvalue weighted by Crippen LogP contribution is 2.20. The van der Waals surface area contributed by atoms with Gasteiger partial charge in [-0.3, -0.25) is 4.79 Å². The first-order valence-corrected chi connectivity index (χ1v) is 5.48. The van der Waals surface area contributed by atoms with Crippen molar-refractivity contribution in [1.82, 2.24) is 5.32 Å². The number of nitrogens with one attached hydrogen (secondary N) is 1. The minimum atomic E-state index is -0.0746. The number of hydrogen-bond donors (Lipinski definition) is 1. The summed E-state index contributed by atoms with van der Waals surface area (Å²) in [5.74, 6) is -0.0746. The van der Waals surface area contributed by atoms with Gasteiger partial charge in [-0.25, -0.2) is 0 Å². The third kappa shape index (κ3) is 8.22. The number of rotatable bonds is 7. The van der Waals surface area contributed by atoms with Gasteiger partial charge in [-0.05, 0) is 18.8 Å². The van der Waals surface area contributed by atoms with Crippen molar-refractivity contribution in [3.05, 3.63) is 0 Å². The monoisotopic (exact) mass is 210 g/mol. The lowest BCUT2D eigenvalue weighted by atomic mass is 9.70. The van der Waals surface area contributed by atoms with Crippen LogP contribution in [-0.2, 0) is 9.59 Å². The summed E-state index contributed by atoms with van der Waals surface area (Å²) in [4.78, 5) is 21.9. The maximum absolute atomic E-state index is 11.3. The van der Waals surface area contributed by atoms with Crippen molar-refractivity contribution < 1.29 is 9.59 Å². The van der Waals surface area contributed by atoms with Crippen LogP contribution in [0.15, 0.2) is 0 Å². The summed E-state index contributed by atoms with van der Waals surface area (Å²) in [6.07, 6.45) is 2.39. The van der Waals surface area contributed by atoms with Crippen molar-refractivity contribution in [2.24, 2.45) is 5.41 Å². The first-order chi connectivity index (χ1) is 6.87. The molecule has 1 amide bonds. The van der Waals surface area contributed by atoms with Gasteiger partial charge < -0.3 is 10.1 Å². The molecule has 1 radical (unpaired) electrons. The van der Waals surface area contributed by atoms with Gasteiger partial charge in [0.05, 0.1) is 5.68 Å². The van der Waals surface area contributed by atoms with Gasteiger partial charge in [-0.15, -0.1) is 0 Å². The summed E-state index contributed by atoms with van der Waals surface area (Å²) in [7, 11) is 1.40. The number of carbonyl (C=O) groups excluding carboxylic acids is 2. The third-order valence-electron chi connectivity index (χ3n) is 2.27. The Morgan fingerprint density at radius 2 is 1.93 bits per heavy atom. The summed E-state index contributed by atoms with van der Waals surface area (Å²) < 4.78 is 0. The van der Waals surface area contributed by atoms with Gasteiger partial charge in [0.15, 0.2) is 0 Å². The molecule has 0 fully saturated rings. The van der Waals surface area contributed by atoms with Crippen LogP contribution in [0.2, 0.25) is 6.32 Å². The normalized spacial score (nSPS) is 10.9. The molecule has 0 atom stereocenters. The van der Waals surface area contributed by atoms with E-state index in [1.165, 1.54) is 14.2 Å². The molecule has 0 heterocycles. The Balaban J connectivity index is 3.74. The fraction of sp³-hybridized carbons (Fsp3) is 0.818. The highest BCUT2D eigenvalue weighted by atomic mass is 16.1. The summed E-state index contributed by atoms with van der Waals surface area (Å²) in [5.41, 5.74) is 0.0821. The third-order valence-corrected chi connectivity index (χ3v) is 2.27. The highest BCUT2D eigenvalue weighted by Gasteiger charge is 2.17. The zero-order valence-corrected chi connectivity index (χ0v) is 10.2. The van der Waals surface area contributed by atoms with Crippen LogP contribution in [0.25, 0.3) is 0 Å². The fourth-order valence-electron chi connectivity index (χ4n) is 1.41. The maximum atomic E-state index is 11.3. The van der Waals surface area contributed by atoms with E-state index in [0.29, 0.717) is 6.54 Å². The SMILES string of the molecule is CCCC(C)(C)CNC(=O)C[B]C(C)=O. The van der Waals surface area contributed by atoms with Crippen LogP contribution in [0, 0.1) is 5.41 Å². The molecular formula is C11H21BNO2. The molecule has 0 aromatic heterocycles. The molecule has 0 unspecified atom stereocenters. The summed E-state index contributed by atoms with van der Waals surface area (Å²) in [5, 5.41) is 2.84. The van der Waals surface area contributed by atoms with Crippen molar-refractivity contribution in [2.45, 2.75) is 46.9 Å². The van der Waals surface area contributed by atoms with E-state index < -0.39 is 0 Å². The van der Waals surface area contributed by atoms with Crippen LogP contribution in [0.5, 0.6) is 0 Å². The van der Waals surface area contributed by atoms with Gasteiger partial charge in [-0.1, -0.05) is 27.2 Å². The number of carbonyl (C=O) groups is 2. The van der Waals surface area contributed by atoms with E-state index in [2.05, 4.69) is 26.1 Å². The number of hydrogen-bond acceptors (Lipinski definition) is 2. The topological polar surface area (TPSA) is 46.2 Å². The van der Waals surface area contributed by atoms with Crippen molar-refractivity contribution in [1.29, 1.82) is 0 Å². The second-order valence-electron chi connectivity index (χ2n) is 4.71. The van der Waals surface area contributed by atoms with Gasteiger partial charge in [0, 0.05) is 12.9 Å². The van der Waals surface area contributed by atoms with E-state index in [4.69, 9.17) is 0 Å². The summed E-state index contributed by atoms with van der Waals surface area (Å²) in [6.45, 7) is 8.52. The van der Waals surface area contributed by atoms with E-state index in [1.54, 1.807) is 0 Å². The molecule has 0 saturated heterocycles. The Morgan fingerprint density at radius 3 is 2.40 bits per heavy atom. The predicted octanol–water partition coefficient (Wildman–Crippen LogP) is 1.60. The molecule has 0 bridgehead atoms. The van der Waals surface area contributed by atoms with Crippen LogP contribution < -0.4 is 5.32 Å². The molecule has 0 rings (SSSR count). The maximum Gasteiger partial charge on any atom is 0.212 e. The second kappa shape index (κ2) is 6.65. The largest absolute Gasteiger partial charge is 0.356 e. The van der Waals surface area contributed by atoms with Gasteiger partial charge in [-0.2, -0.15) is 0 Å². The quantitative estimate of drug-likeness (QED) is 0.648. The molecule has 15 heavy (non-hydrogen) atoms. The zero-order valence-electron chi connectivity index (χ0n) is 10.2. The Morgan fingerprint density at radius 1 is 1.33 bits per heavy atom. The minimum absolute atomic E-state index is 0.0574. The lowest BCUT2D eigenvalue weighted by Crippen LogP contribution is -2.34. The average Bonchev–Trinajstić information content (AvgIpc) is 2.11. The van der Waals surface area contributed by atoms with Crippen molar-refractivity contribution in [3.63, 3.8) is 0 Å². The molecule has 0 spiro atoms. The van der Waals surface area contributed by atoms with E-state index in [1.807, 2.05) is 0 Å². The average molecular weight is 210 g/mol. The van der Waals surface area contributed by atoms with Crippen LogP contribution in [-0.4, -0.2) is 25.4 Å². The van der Waals surface area contributed by atoms with Gasteiger partial charge in [0.25, 0.3) is 0 Å². The first-order valence-electron chi connectivity index (χ1n) is 5.48. The Kier molecular flexibility index (Phi) is 6.29. The standard InChI is InChI=1S/C11H21BNO2/c1-5-6-11(3,4)8-13-10(15)7-12-9(2)14/h5-8H2,1-4H3,(H,13,15). The van der Waals surface area contributed by atoms with Crippen molar-refractivity contribution >= 4 is 18.9 Å². The van der Waals surface area contributed by atoms with E-state index in [0.717, 1.165) is 12.8 Å². The zero-order chi connectivity index (χ0) is 11.9. The van der Waals surface area contributed by atoms with E-state index >= 15 is 0 Å². The van der Waals surface area contributed by atoms with E-state index in [9.17, 15) is 9.59 Å². The van der Waals surface area contributed by atoms with Gasteiger partial charge >= 0.3 is 0 Å². The van der Waals surface area contributed by atoms with Crippen LogP contribution in [0.3, 0.4) is 0 Å². The molecule has 0 aromatic rings. The number of amides is 1. The first kappa shape index (κ1) is 14.2. The molecule has 0 aliphatic rings. The smallest absolute Gasteiger partial charge is 0.212 e. The van der Waals surface area contributed by atoms with Gasteiger partial charge in [0.1, 0.15) is 0 Å². The van der Waals surface area contributed by atoms with Crippen LogP contribution in [0.4, 0.5) is 0 Å². The second-order valence-corrected chi connectivity index (χ2v) is 4.71. The highest BCUT2D eigenvalue weighted by molar-refractivity contribution is 6.75.